The van der Waals surface area contributed by atoms with Crippen molar-refractivity contribution in [2.75, 3.05) is 25.5 Å². The molecule has 1 N–H and O–H groups in total. The summed E-state index contributed by atoms with van der Waals surface area (Å²) in [7, 11) is 1.60. The maximum absolute atomic E-state index is 12.8. The van der Waals surface area contributed by atoms with Crippen molar-refractivity contribution in [2.24, 2.45) is 5.92 Å². The number of carbonyl (C=O) groups excluding carboxylic acids is 1. The number of benzene rings is 2. The van der Waals surface area contributed by atoms with Crippen LogP contribution in [0.1, 0.15) is 24.2 Å². The summed E-state index contributed by atoms with van der Waals surface area (Å²) in [6.45, 7) is 4.18. The molecule has 1 aliphatic rings. The molecule has 1 amide bonds. The SMILES string of the molecule is COc1ccccc1NC(=O)C1CCCN(Cc2noc(-c3ccc(C)cc3)n2)C1. The number of amides is 1. The number of piperidine rings is 1. The first-order chi connectivity index (χ1) is 14.6. The molecule has 7 heteroatoms. The average molecular weight is 406 g/mol. The van der Waals surface area contributed by atoms with E-state index >= 15 is 0 Å². The predicted octanol–water partition coefficient (Wildman–Crippen LogP) is 3.90. The number of hydrogen-bond acceptors (Lipinski definition) is 6. The van der Waals surface area contributed by atoms with Gasteiger partial charge in [-0.1, -0.05) is 35.0 Å². The van der Waals surface area contributed by atoms with Gasteiger partial charge in [0.15, 0.2) is 5.82 Å². The summed E-state index contributed by atoms with van der Waals surface area (Å²) in [4.78, 5) is 19.5. The lowest BCUT2D eigenvalue weighted by molar-refractivity contribution is -0.121. The van der Waals surface area contributed by atoms with Crippen molar-refractivity contribution < 1.29 is 14.1 Å². The molecule has 0 saturated carbocycles. The fourth-order valence-corrected chi connectivity index (χ4v) is 3.73. The molecule has 0 aliphatic carbocycles. The predicted molar refractivity (Wildman–Crippen MR) is 114 cm³/mol. The number of carbonyl (C=O) groups is 1. The first-order valence-corrected chi connectivity index (χ1v) is 10.2. The van der Waals surface area contributed by atoms with Crippen molar-refractivity contribution in [3.8, 4) is 17.2 Å². The molecule has 1 aromatic heterocycles. The van der Waals surface area contributed by atoms with Crippen LogP contribution in [0.15, 0.2) is 53.1 Å². The third kappa shape index (κ3) is 4.68. The Labute approximate surface area is 176 Å². The van der Waals surface area contributed by atoms with Gasteiger partial charge in [0.25, 0.3) is 5.89 Å². The van der Waals surface area contributed by atoms with E-state index in [2.05, 4.69) is 20.4 Å². The summed E-state index contributed by atoms with van der Waals surface area (Å²) >= 11 is 0. The van der Waals surface area contributed by atoms with Gasteiger partial charge in [0.1, 0.15) is 5.75 Å². The molecule has 0 bridgehead atoms. The molecule has 3 aromatic rings. The molecular formula is C23H26N4O3. The Morgan fingerprint density at radius 3 is 2.83 bits per heavy atom. The zero-order valence-corrected chi connectivity index (χ0v) is 17.3. The molecular weight excluding hydrogens is 380 g/mol. The molecule has 2 heterocycles. The van der Waals surface area contributed by atoms with Gasteiger partial charge in [0.2, 0.25) is 5.91 Å². The highest BCUT2D eigenvalue weighted by molar-refractivity contribution is 5.94. The summed E-state index contributed by atoms with van der Waals surface area (Å²) in [6, 6.07) is 15.5. The minimum atomic E-state index is -0.0906. The fraction of sp³-hybridized carbons (Fsp3) is 0.348. The van der Waals surface area contributed by atoms with Crippen molar-refractivity contribution in [3.05, 3.63) is 59.9 Å². The summed E-state index contributed by atoms with van der Waals surface area (Å²) < 4.78 is 10.8. The van der Waals surface area contributed by atoms with Gasteiger partial charge in [-0.15, -0.1) is 0 Å². The van der Waals surface area contributed by atoms with Crippen LogP contribution in [0.2, 0.25) is 0 Å². The Kier molecular flexibility index (Phi) is 6.09. The Morgan fingerprint density at radius 1 is 1.23 bits per heavy atom. The molecule has 0 radical (unpaired) electrons. The molecule has 156 valence electrons. The quantitative estimate of drug-likeness (QED) is 0.669. The van der Waals surface area contributed by atoms with E-state index < -0.39 is 0 Å². The highest BCUT2D eigenvalue weighted by Gasteiger charge is 2.27. The molecule has 4 rings (SSSR count). The van der Waals surface area contributed by atoms with Crippen LogP contribution in [-0.2, 0) is 11.3 Å². The Bertz CT molecular complexity index is 1000. The lowest BCUT2D eigenvalue weighted by atomic mass is 9.97. The third-order valence-electron chi connectivity index (χ3n) is 5.37. The topological polar surface area (TPSA) is 80.5 Å². The van der Waals surface area contributed by atoms with Gasteiger partial charge in [-0.3, -0.25) is 9.69 Å². The standard InChI is InChI=1S/C23H26N4O3/c1-16-9-11-17(12-10-16)23-25-21(26-30-23)15-27-13-5-6-18(14-27)22(28)24-19-7-3-4-8-20(19)29-2/h3-4,7-12,18H,5-6,13-15H2,1-2H3,(H,24,28). The number of methoxy groups -OCH3 is 1. The zero-order valence-electron chi connectivity index (χ0n) is 17.3. The Balaban J connectivity index is 1.37. The number of para-hydroxylation sites is 2. The summed E-state index contributed by atoms with van der Waals surface area (Å²) in [5.74, 6) is 1.74. The zero-order chi connectivity index (χ0) is 20.9. The van der Waals surface area contributed by atoms with E-state index in [1.807, 2.05) is 55.5 Å². The number of ether oxygens (including phenoxy) is 1. The van der Waals surface area contributed by atoms with E-state index in [-0.39, 0.29) is 11.8 Å². The molecule has 2 aromatic carbocycles. The molecule has 1 unspecified atom stereocenters. The number of aromatic nitrogens is 2. The van der Waals surface area contributed by atoms with Crippen LogP contribution >= 0.6 is 0 Å². The second-order valence-corrected chi connectivity index (χ2v) is 7.65. The summed E-state index contributed by atoms with van der Waals surface area (Å²) in [5.41, 5.74) is 2.79. The van der Waals surface area contributed by atoms with E-state index in [4.69, 9.17) is 9.26 Å². The summed E-state index contributed by atoms with van der Waals surface area (Å²) in [5, 5.41) is 7.13. The van der Waals surface area contributed by atoms with Gasteiger partial charge in [0, 0.05) is 12.1 Å². The number of nitrogens with one attached hydrogen (secondary N) is 1. The minimum Gasteiger partial charge on any atom is -0.495 e. The van der Waals surface area contributed by atoms with Gasteiger partial charge < -0.3 is 14.6 Å². The first-order valence-electron chi connectivity index (χ1n) is 10.2. The lowest BCUT2D eigenvalue weighted by Crippen LogP contribution is -2.40. The van der Waals surface area contributed by atoms with Crippen molar-refractivity contribution in [1.29, 1.82) is 0 Å². The first kappa shape index (κ1) is 20.1. The van der Waals surface area contributed by atoms with E-state index in [9.17, 15) is 4.79 Å². The molecule has 1 saturated heterocycles. The Hall–Kier alpha value is -3.19. The van der Waals surface area contributed by atoms with Crippen LogP contribution in [0.4, 0.5) is 5.69 Å². The van der Waals surface area contributed by atoms with Crippen LogP contribution in [0.3, 0.4) is 0 Å². The lowest BCUT2D eigenvalue weighted by Gasteiger charge is -2.31. The number of rotatable bonds is 6. The van der Waals surface area contributed by atoms with Crippen molar-refractivity contribution in [1.82, 2.24) is 15.0 Å². The van der Waals surface area contributed by atoms with Crippen LogP contribution in [-0.4, -0.2) is 41.1 Å². The molecule has 30 heavy (non-hydrogen) atoms. The molecule has 0 spiro atoms. The van der Waals surface area contributed by atoms with Crippen molar-refractivity contribution in [2.45, 2.75) is 26.3 Å². The van der Waals surface area contributed by atoms with Gasteiger partial charge >= 0.3 is 0 Å². The normalized spacial score (nSPS) is 16.9. The average Bonchev–Trinajstić information content (AvgIpc) is 3.23. The van der Waals surface area contributed by atoms with E-state index in [0.29, 0.717) is 36.2 Å². The van der Waals surface area contributed by atoms with E-state index in [1.54, 1.807) is 7.11 Å². The van der Waals surface area contributed by atoms with Crippen LogP contribution in [0, 0.1) is 12.8 Å². The van der Waals surface area contributed by atoms with Crippen LogP contribution in [0.5, 0.6) is 5.75 Å². The second-order valence-electron chi connectivity index (χ2n) is 7.65. The Morgan fingerprint density at radius 2 is 2.03 bits per heavy atom. The number of aryl methyl sites for hydroxylation is 1. The van der Waals surface area contributed by atoms with E-state index in [1.165, 1.54) is 5.56 Å². The maximum Gasteiger partial charge on any atom is 0.257 e. The fourth-order valence-electron chi connectivity index (χ4n) is 3.73. The third-order valence-corrected chi connectivity index (χ3v) is 5.37. The molecule has 1 fully saturated rings. The highest BCUT2D eigenvalue weighted by atomic mass is 16.5. The smallest absolute Gasteiger partial charge is 0.257 e. The van der Waals surface area contributed by atoms with Crippen molar-refractivity contribution in [3.63, 3.8) is 0 Å². The van der Waals surface area contributed by atoms with Crippen molar-refractivity contribution >= 4 is 11.6 Å². The maximum atomic E-state index is 12.8. The summed E-state index contributed by atoms with van der Waals surface area (Å²) in [6.07, 6.45) is 1.81. The van der Waals surface area contributed by atoms with Crippen LogP contribution < -0.4 is 10.1 Å². The molecule has 1 atom stereocenters. The number of anilines is 1. The second kappa shape index (κ2) is 9.09. The van der Waals surface area contributed by atoms with Gasteiger partial charge in [-0.05, 0) is 50.6 Å². The molecule has 1 aliphatic heterocycles. The molecule has 7 nitrogen and oxygen atoms in total. The number of hydrogen-bond donors (Lipinski definition) is 1. The highest BCUT2D eigenvalue weighted by Crippen LogP contribution is 2.26. The monoisotopic (exact) mass is 406 g/mol. The largest absolute Gasteiger partial charge is 0.495 e. The number of nitrogens with zero attached hydrogens (tertiary/aromatic N) is 3. The number of likely N-dealkylation sites (tertiary alicyclic amines) is 1. The van der Waals surface area contributed by atoms with Gasteiger partial charge in [-0.2, -0.15) is 4.98 Å². The van der Waals surface area contributed by atoms with E-state index in [0.717, 1.165) is 24.9 Å². The minimum absolute atomic E-state index is 0.0117. The van der Waals surface area contributed by atoms with Crippen LogP contribution in [0.25, 0.3) is 11.5 Å². The van der Waals surface area contributed by atoms with Gasteiger partial charge in [0.05, 0.1) is 25.3 Å². The van der Waals surface area contributed by atoms with Gasteiger partial charge in [-0.25, -0.2) is 0 Å².